The van der Waals surface area contributed by atoms with E-state index in [1.165, 1.54) is 0 Å². The molecule has 0 aliphatic heterocycles. The first-order chi connectivity index (χ1) is 9.74. The van der Waals surface area contributed by atoms with Gasteiger partial charge in [-0.25, -0.2) is 4.98 Å². The van der Waals surface area contributed by atoms with Crippen LogP contribution in [0.3, 0.4) is 0 Å². The summed E-state index contributed by atoms with van der Waals surface area (Å²) in [6.45, 7) is 4.51. The zero-order valence-electron chi connectivity index (χ0n) is 11.6. The zero-order chi connectivity index (χ0) is 14.4. The van der Waals surface area contributed by atoms with Crippen molar-refractivity contribution in [1.82, 2.24) is 4.98 Å². The van der Waals surface area contributed by atoms with Gasteiger partial charge in [-0.1, -0.05) is 19.1 Å². The molecule has 0 fully saturated rings. The van der Waals surface area contributed by atoms with E-state index in [9.17, 15) is 0 Å². The van der Waals surface area contributed by atoms with Crippen molar-refractivity contribution in [3.05, 3.63) is 47.7 Å². The molecule has 0 unspecified atom stereocenters. The average Bonchev–Trinajstić information content (AvgIpc) is 2.47. The van der Waals surface area contributed by atoms with Crippen molar-refractivity contribution in [3.8, 4) is 23.4 Å². The van der Waals surface area contributed by atoms with Crippen LogP contribution >= 0.6 is 0 Å². The van der Waals surface area contributed by atoms with Crippen molar-refractivity contribution in [2.45, 2.75) is 20.3 Å². The number of benzene rings is 1. The van der Waals surface area contributed by atoms with Crippen LogP contribution in [0.4, 0.5) is 0 Å². The SMILES string of the molecule is CCCOc1ccccc1Oc1nc(C)ccc1C#N. The van der Waals surface area contributed by atoms with Crippen LogP contribution in [0.2, 0.25) is 0 Å². The summed E-state index contributed by atoms with van der Waals surface area (Å²) in [6, 6.07) is 12.9. The predicted octanol–water partition coefficient (Wildman–Crippen LogP) is 3.84. The van der Waals surface area contributed by atoms with E-state index in [0.717, 1.165) is 12.1 Å². The first kappa shape index (κ1) is 13.9. The second-order valence-corrected chi connectivity index (χ2v) is 4.31. The van der Waals surface area contributed by atoms with Crippen molar-refractivity contribution in [2.75, 3.05) is 6.61 Å². The van der Waals surface area contributed by atoms with E-state index in [2.05, 4.69) is 11.1 Å². The highest BCUT2D eigenvalue weighted by Gasteiger charge is 2.10. The molecule has 1 heterocycles. The Morgan fingerprint density at radius 2 is 1.90 bits per heavy atom. The molecule has 0 spiro atoms. The van der Waals surface area contributed by atoms with E-state index in [1.807, 2.05) is 32.0 Å². The summed E-state index contributed by atoms with van der Waals surface area (Å²) in [5, 5.41) is 9.10. The lowest BCUT2D eigenvalue weighted by Crippen LogP contribution is -1.99. The zero-order valence-corrected chi connectivity index (χ0v) is 11.6. The van der Waals surface area contributed by atoms with Crippen molar-refractivity contribution < 1.29 is 9.47 Å². The van der Waals surface area contributed by atoms with Gasteiger partial charge in [0, 0.05) is 5.69 Å². The number of nitrogens with zero attached hydrogens (tertiary/aromatic N) is 2. The molecule has 1 aromatic heterocycles. The Kier molecular flexibility index (Phi) is 4.56. The summed E-state index contributed by atoms with van der Waals surface area (Å²) in [5.74, 6) is 1.53. The number of rotatable bonds is 5. The molecule has 0 N–H and O–H groups in total. The summed E-state index contributed by atoms with van der Waals surface area (Å²) >= 11 is 0. The van der Waals surface area contributed by atoms with Gasteiger partial charge in [0.1, 0.15) is 11.6 Å². The van der Waals surface area contributed by atoms with Gasteiger partial charge in [-0.3, -0.25) is 0 Å². The molecule has 0 radical (unpaired) electrons. The van der Waals surface area contributed by atoms with Crippen LogP contribution < -0.4 is 9.47 Å². The maximum Gasteiger partial charge on any atom is 0.237 e. The lowest BCUT2D eigenvalue weighted by atomic mass is 10.2. The minimum absolute atomic E-state index is 0.306. The van der Waals surface area contributed by atoms with Gasteiger partial charge in [-0.15, -0.1) is 0 Å². The molecule has 0 amide bonds. The molecule has 2 rings (SSSR count). The summed E-state index contributed by atoms with van der Waals surface area (Å²) in [6.07, 6.45) is 0.917. The maximum atomic E-state index is 9.10. The number of hydrogen-bond acceptors (Lipinski definition) is 4. The predicted molar refractivity (Wildman–Crippen MR) is 76.0 cm³/mol. The lowest BCUT2D eigenvalue weighted by molar-refractivity contribution is 0.300. The third-order valence-electron chi connectivity index (χ3n) is 2.64. The lowest BCUT2D eigenvalue weighted by Gasteiger charge is -2.12. The topological polar surface area (TPSA) is 55.1 Å². The highest BCUT2D eigenvalue weighted by molar-refractivity contribution is 5.45. The number of pyridine rings is 1. The Morgan fingerprint density at radius 3 is 2.60 bits per heavy atom. The maximum absolute atomic E-state index is 9.10. The molecule has 2 aromatic rings. The van der Waals surface area contributed by atoms with E-state index in [-0.39, 0.29) is 0 Å². The van der Waals surface area contributed by atoms with Gasteiger partial charge < -0.3 is 9.47 Å². The van der Waals surface area contributed by atoms with E-state index >= 15 is 0 Å². The number of nitriles is 1. The van der Waals surface area contributed by atoms with Gasteiger partial charge in [-0.2, -0.15) is 5.26 Å². The first-order valence-electron chi connectivity index (χ1n) is 6.52. The Morgan fingerprint density at radius 1 is 1.15 bits per heavy atom. The number of hydrogen-bond donors (Lipinski definition) is 0. The number of ether oxygens (including phenoxy) is 2. The Bertz CT molecular complexity index is 633. The first-order valence-corrected chi connectivity index (χ1v) is 6.52. The fourth-order valence-corrected chi connectivity index (χ4v) is 1.67. The normalized spacial score (nSPS) is 9.85. The van der Waals surface area contributed by atoms with E-state index in [1.54, 1.807) is 18.2 Å². The largest absolute Gasteiger partial charge is 0.490 e. The monoisotopic (exact) mass is 268 g/mol. The molecule has 0 saturated carbocycles. The third-order valence-corrected chi connectivity index (χ3v) is 2.64. The van der Waals surface area contributed by atoms with Crippen LogP contribution in [0.25, 0.3) is 0 Å². The molecule has 20 heavy (non-hydrogen) atoms. The Hall–Kier alpha value is -2.54. The molecule has 0 aliphatic rings. The molecule has 4 nitrogen and oxygen atoms in total. The number of aromatic nitrogens is 1. The second kappa shape index (κ2) is 6.58. The summed E-state index contributed by atoms with van der Waals surface area (Å²) < 4.78 is 11.4. The van der Waals surface area contributed by atoms with Crippen LogP contribution in [0.1, 0.15) is 24.6 Å². The van der Waals surface area contributed by atoms with Crippen LogP contribution in [0, 0.1) is 18.3 Å². The van der Waals surface area contributed by atoms with Gasteiger partial charge in [0.2, 0.25) is 5.88 Å². The van der Waals surface area contributed by atoms with Crippen LogP contribution in [0.15, 0.2) is 36.4 Å². The number of aryl methyl sites for hydroxylation is 1. The molecule has 0 saturated heterocycles. The highest BCUT2D eigenvalue weighted by Crippen LogP contribution is 2.31. The average molecular weight is 268 g/mol. The quantitative estimate of drug-likeness (QED) is 0.826. The van der Waals surface area contributed by atoms with Gasteiger partial charge in [-0.05, 0) is 37.6 Å². The molecule has 0 atom stereocenters. The standard InChI is InChI=1S/C16H16N2O2/c1-3-10-19-14-6-4-5-7-15(14)20-16-13(11-17)9-8-12(2)18-16/h4-9H,3,10H2,1-2H3. The smallest absolute Gasteiger partial charge is 0.237 e. The minimum Gasteiger partial charge on any atom is -0.490 e. The Labute approximate surface area is 118 Å². The van der Waals surface area contributed by atoms with E-state index < -0.39 is 0 Å². The fraction of sp³-hybridized carbons (Fsp3) is 0.250. The molecular formula is C16H16N2O2. The fourth-order valence-electron chi connectivity index (χ4n) is 1.67. The second-order valence-electron chi connectivity index (χ2n) is 4.31. The van der Waals surface area contributed by atoms with Crippen molar-refractivity contribution in [2.24, 2.45) is 0 Å². The highest BCUT2D eigenvalue weighted by atomic mass is 16.5. The third kappa shape index (κ3) is 3.27. The van der Waals surface area contributed by atoms with E-state index in [0.29, 0.717) is 29.5 Å². The molecule has 0 aliphatic carbocycles. The van der Waals surface area contributed by atoms with Gasteiger partial charge >= 0.3 is 0 Å². The van der Waals surface area contributed by atoms with E-state index in [4.69, 9.17) is 14.7 Å². The van der Waals surface area contributed by atoms with Crippen LogP contribution in [-0.4, -0.2) is 11.6 Å². The van der Waals surface area contributed by atoms with Gasteiger partial charge in [0.15, 0.2) is 11.5 Å². The van der Waals surface area contributed by atoms with Crippen molar-refractivity contribution >= 4 is 0 Å². The summed E-state index contributed by atoms with van der Waals surface area (Å²) in [7, 11) is 0. The van der Waals surface area contributed by atoms with Gasteiger partial charge in [0.05, 0.1) is 6.61 Å². The van der Waals surface area contributed by atoms with Crippen molar-refractivity contribution in [1.29, 1.82) is 5.26 Å². The summed E-state index contributed by atoms with van der Waals surface area (Å²) in [4.78, 5) is 4.26. The Balaban J connectivity index is 2.30. The molecular weight excluding hydrogens is 252 g/mol. The molecule has 102 valence electrons. The van der Waals surface area contributed by atoms with Gasteiger partial charge in [0.25, 0.3) is 0 Å². The molecule has 1 aromatic carbocycles. The van der Waals surface area contributed by atoms with Crippen molar-refractivity contribution in [3.63, 3.8) is 0 Å². The van der Waals surface area contributed by atoms with Crippen LogP contribution in [0.5, 0.6) is 17.4 Å². The number of para-hydroxylation sites is 2. The molecule has 0 bridgehead atoms. The summed E-state index contributed by atoms with van der Waals surface area (Å²) in [5.41, 5.74) is 1.20. The molecule has 4 heteroatoms. The van der Waals surface area contributed by atoms with Crippen LogP contribution in [-0.2, 0) is 0 Å². The minimum atomic E-state index is 0.306.